The summed E-state index contributed by atoms with van der Waals surface area (Å²) in [6.07, 6.45) is 4.27. The predicted octanol–water partition coefficient (Wildman–Crippen LogP) is 5.12. The number of fused-ring (bicyclic) bond motifs is 5. The van der Waals surface area contributed by atoms with Crippen LogP contribution in [0.15, 0.2) is 103 Å². The van der Waals surface area contributed by atoms with Crippen LogP contribution in [0, 0.1) is 23.7 Å². The Balaban J connectivity index is 1.46. The second-order valence-electron chi connectivity index (χ2n) is 8.76. The molecule has 0 unspecified atom stereocenters. The molecule has 0 radical (unpaired) electrons. The van der Waals surface area contributed by atoms with Crippen molar-refractivity contribution in [3.63, 3.8) is 0 Å². The van der Waals surface area contributed by atoms with Crippen LogP contribution < -0.4 is 9.64 Å². The van der Waals surface area contributed by atoms with Crippen LogP contribution in [-0.2, 0) is 9.59 Å². The number of benzene rings is 3. The van der Waals surface area contributed by atoms with Gasteiger partial charge >= 0.3 is 0 Å². The highest BCUT2D eigenvalue weighted by Gasteiger charge is 2.62. The second kappa shape index (κ2) is 7.59. The fraction of sp³-hybridized carbons (Fsp3) is 0.172. The lowest BCUT2D eigenvalue weighted by molar-refractivity contribution is -0.122. The Morgan fingerprint density at radius 2 is 1.18 bits per heavy atom. The van der Waals surface area contributed by atoms with Crippen LogP contribution >= 0.6 is 0 Å². The molecule has 2 bridgehead atoms. The van der Waals surface area contributed by atoms with Gasteiger partial charge in [-0.25, -0.2) is 4.90 Å². The van der Waals surface area contributed by atoms with Crippen LogP contribution in [-0.4, -0.2) is 18.9 Å². The van der Waals surface area contributed by atoms with Crippen molar-refractivity contribution in [2.75, 3.05) is 12.0 Å². The molecule has 162 valence electrons. The van der Waals surface area contributed by atoms with Gasteiger partial charge in [0.1, 0.15) is 5.75 Å². The van der Waals surface area contributed by atoms with Gasteiger partial charge in [0.25, 0.3) is 0 Å². The van der Waals surface area contributed by atoms with Crippen molar-refractivity contribution in [2.24, 2.45) is 23.7 Å². The molecule has 2 fully saturated rings. The molecular weight excluding hydrogens is 410 g/mol. The van der Waals surface area contributed by atoms with E-state index in [-0.39, 0.29) is 35.5 Å². The lowest BCUT2D eigenvalue weighted by Gasteiger charge is -2.21. The number of methoxy groups -OCH3 is 1. The van der Waals surface area contributed by atoms with Crippen LogP contribution in [0.3, 0.4) is 0 Å². The van der Waals surface area contributed by atoms with Gasteiger partial charge in [0.2, 0.25) is 11.8 Å². The van der Waals surface area contributed by atoms with Crippen LogP contribution in [0.25, 0.3) is 5.57 Å². The first-order valence-electron chi connectivity index (χ1n) is 11.2. The van der Waals surface area contributed by atoms with E-state index >= 15 is 0 Å². The average Bonchev–Trinajstić information content (AvgIpc) is 3.50. The maximum atomic E-state index is 13.6. The van der Waals surface area contributed by atoms with Gasteiger partial charge in [-0.1, -0.05) is 72.8 Å². The maximum Gasteiger partial charge on any atom is 0.238 e. The summed E-state index contributed by atoms with van der Waals surface area (Å²) in [5, 5.41) is 0. The Bertz CT molecular complexity index is 1220. The van der Waals surface area contributed by atoms with Crippen LogP contribution in [0.2, 0.25) is 0 Å². The van der Waals surface area contributed by atoms with E-state index in [4.69, 9.17) is 4.74 Å². The Labute approximate surface area is 192 Å². The van der Waals surface area contributed by atoms with Gasteiger partial charge in [0.05, 0.1) is 24.6 Å². The summed E-state index contributed by atoms with van der Waals surface area (Å²) in [4.78, 5) is 28.6. The Hall–Kier alpha value is -3.92. The number of rotatable bonds is 4. The largest absolute Gasteiger partial charge is 0.497 e. The number of carbonyl (C=O) groups is 2. The van der Waals surface area contributed by atoms with E-state index in [0.717, 1.165) is 16.7 Å². The number of imide groups is 1. The molecule has 0 aromatic heterocycles. The van der Waals surface area contributed by atoms with Crippen LogP contribution in [0.4, 0.5) is 5.69 Å². The molecule has 4 nitrogen and oxygen atoms in total. The van der Waals surface area contributed by atoms with E-state index in [0.29, 0.717) is 11.4 Å². The molecule has 4 atom stereocenters. The molecule has 3 aliphatic rings. The summed E-state index contributed by atoms with van der Waals surface area (Å²) in [5.74, 6) is -0.375. The van der Waals surface area contributed by atoms with E-state index in [2.05, 4.69) is 36.4 Å². The molecule has 1 saturated heterocycles. The number of ether oxygens (including phenoxy) is 1. The van der Waals surface area contributed by atoms with Gasteiger partial charge in [0, 0.05) is 11.8 Å². The minimum atomic E-state index is -0.355. The van der Waals surface area contributed by atoms with Gasteiger partial charge in [-0.2, -0.15) is 0 Å². The third kappa shape index (κ3) is 2.91. The minimum Gasteiger partial charge on any atom is -0.497 e. The Morgan fingerprint density at radius 1 is 0.697 bits per heavy atom. The Kier molecular flexibility index (Phi) is 4.54. The van der Waals surface area contributed by atoms with Gasteiger partial charge in [0.15, 0.2) is 0 Å². The van der Waals surface area contributed by atoms with E-state index < -0.39 is 0 Å². The van der Waals surface area contributed by atoms with Gasteiger partial charge in [-0.3, -0.25) is 9.59 Å². The lowest BCUT2D eigenvalue weighted by atomic mass is 9.85. The maximum absolute atomic E-state index is 13.6. The first-order valence-corrected chi connectivity index (χ1v) is 11.2. The molecule has 33 heavy (non-hydrogen) atoms. The third-order valence-corrected chi connectivity index (χ3v) is 7.16. The Morgan fingerprint density at radius 3 is 1.64 bits per heavy atom. The molecule has 3 aromatic rings. The molecule has 0 N–H and O–H groups in total. The highest BCUT2D eigenvalue weighted by atomic mass is 16.5. The molecule has 6 rings (SSSR count). The number of hydrogen-bond donors (Lipinski definition) is 0. The summed E-state index contributed by atoms with van der Waals surface area (Å²) < 4.78 is 5.22. The molecule has 2 amide bonds. The van der Waals surface area contributed by atoms with Crippen LogP contribution in [0.1, 0.15) is 11.1 Å². The zero-order chi connectivity index (χ0) is 22.5. The van der Waals surface area contributed by atoms with Crippen molar-refractivity contribution in [2.45, 2.75) is 0 Å². The molecule has 3 aromatic carbocycles. The zero-order valence-electron chi connectivity index (χ0n) is 18.2. The fourth-order valence-electron chi connectivity index (χ4n) is 5.79. The first-order chi connectivity index (χ1) is 16.2. The topological polar surface area (TPSA) is 46.6 Å². The van der Waals surface area contributed by atoms with Crippen LogP contribution in [0.5, 0.6) is 5.75 Å². The highest BCUT2D eigenvalue weighted by Crippen LogP contribution is 2.58. The van der Waals surface area contributed by atoms with E-state index in [9.17, 15) is 9.59 Å². The molecule has 4 heteroatoms. The number of amides is 2. The van der Waals surface area contributed by atoms with Gasteiger partial charge in [-0.15, -0.1) is 0 Å². The van der Waals surface area contributed by atoms with Crippen molar-refractivity contribution in [3.05, 3.63) is 114 Å². The summed E-state index contributed by atoms with van der Waals surface area (Å²) in [5.41, 5.74) is 5.17. The lowest BCUT2D eigenvalue weighted by Crippen LogP contribution is -2.33. The fourth-order valence-corrected chi connectivity index (χ4v) is 5.79. The average molecular weight is 434 g/mol. The standard InChI is InChI=1S/C29H23NO3/c1-33-21-14-12-20(13-15-21)30-28(31)26-22-16-17-23(27(26)29(30)32)25(22)24(18-8-4-2-5-9-18)19-10-6-3-7-11-19/h2-17,22-23,26-27H,1H3/t22-,23-,26+,27+/m0/s1. The van der Waals surface area contributed by atoms with Crippen molar-refractivity contribution in [1.29, 1.82) is 0 Å². The normalized spacial score (nSPS) is 25.0. The molecular formula is C29H23NO3. The van der Waals surface area contributed by atoms with E-state index in [1.807, 2.05) is 36.4 Å². The van der Waals surface area contributed by atoms with E-state index in [1.165, 1.54) is 10.5 Å². The third-order valence-electron chi connectivity index (χ3n) is 7.16. The van der Waals surface area contributed by atoms with Crippen molar-refractivity contribution in [3.8, 4) is 5.75 Å². The monoisotopic (exact) mass is 433 g/mol. The van der Waals surface area contributed by atoms with Crippen molar-refractivity contribution in [1.82, 2.24) is 0 Å². The van der Waals surface area contributed by atoms with Gasteiger partial charge < -0.3 is 4.74 Å². The summed E-state index contributed by atoms with van der Waals surface area (Å²) in [6, 6.07) is 27.7. The molecule has 1 saturated carbocycles. The quantitative estimate of drug-likeness (QED) is 0.424. The minimum absolute atomic E-state index is 0.0740. The van der Waals surface area contributed by atoms with E-state index in [1.54, 1.807) is 31.4 Å². The number of nitrogens with zero attached hydrogens (tertiary/aromatic N) is 1. The predicted molar refractivity (Wildman–Crippen MR) is 127 cm³/mol. The van der Waals surface area contributed by atoms with Crippen molar-refractivity contribution < 1.29 is 14.3 Å². The number of carbonyl (C=O) groups excluding carboxylic acids is 2. The SMILES string of the molecule is COc1ccc(N2C(=O)[C@H]3[C@H](C2=O)[C@H]2C=C[C@H]3C2=C(c2ccccc2)c2ccccc2)cc1. The molecule has 0 spiro atoms. The summed E-state index contributed by atoms with van der Waals surface area (Å²) in [7, 11) is 1.60. The first kappa shape index (κ1) is 19.7. The second-order valence-corrected chi connectivity index (χ2v) is 8.76. The zero-order valence-corrected chi connectivity index (χ0v) is 18.2. The van der Waals surface area contributed by atoms with Gasteiger partial charge in [-0.05, 0) is 46.5 Å². The van der Waals surface area contributed by atoms with Crippen molar-refractivity contribution >= 4 is 23.1 Å². The smallest absolute Gasteiger partial charge is 0.238 e. The number of anilines is 1. The number of allylic oxidation sites excluding steroid dienone is 3. The summed E-state index contributed by atoms with van der Waals surface area (Å²) in [6.45, 7) is 0. The highest BCUT2D eigenvalue weighted by molar-refractivity contribution is 6.23. The number of hydrogen-bond acceptors (Lipinski definition) is 3. The molecule has 1 heterocycles. The summed E-state index contributed by atoms with van der Waals surface area (Å²) >= 11 is 0. The molecule has 1 aliphatic heterocycles. The molecule has 2 aliphatic carbocycles.